The Morgan fingerprint density at radius 2 is 1.81 bits per heavy atom. The van der Waals surface area contributed by atoms with Crippen LogP contribution >= 0.6 is 0 Å². The lowest BCUT2D eigenvalue weighted by atomic mass is 9.81. The molecule has 0 atom stereocenters. The lowest BCUT2D eigenvalue weighted by Gasteiger charge is -2.30. The number of fused-ring (bicyclic) bond motifs is 1. The molecular weight excluding hydrogens is 415 g/mol. The minimum absolute atomic E-state index is 0.0100. The highest BCUT2D eigenvalue weighted by molar-refractivity contribution is 5.53. The minimum atomic E-state index is -4.55. The zero-order valence-corrected chi connectivity index (χ0v) is 17.0. The Morgan fingerprint density at radius 3 is 2.45 bits per heavy atom. The van der Waals surface area contributed by atoms with Gasteiger partial charge in [0.05, 0.1) is 0 Å². The van der Waals surface area contributed by atoms with E-state index in [0.717, 1.165) is 6.07 Å². The number of nitrogens with one attached hydrogen (secondary N) is 1. The first-order chi connectivity index (χ1) is 14.8. The van der Waals surface area contributed by atoms with Gasteiger partial charge in [-0.25, -0.2) is 8.78 Å². The number of benzene rings is 1. The average Bonchev–Trinajstić information content (AvgIpc) is 3.14. The predicted molar refractivity (Wildman–Crippen MR) is 106 cm³/mol. The largest absolute Gasteiger partial charge is 0.420 e. The normalized spacial score (nSPS) is 19.8. The van der Waals surface area contributed by atoms with Crippen molar-refractivity contribution in [2.45, 2.75) is 63.7 Å². The van der Waals surface area contributed by atoms with E-state index in [1.54, 1.807) is 6.20 Å². The topological polar surface area (TPSA) is 42.2 Å². The molecule has 1 aliphatic carbocycles. The fraction of sp³-hybridized carbons (Fsp3) is 0.455. The summed E-state index contributed by atoms with van der Waals surface area (Å²) in [5.74, 6) is -0.678. The number of hydrogen-bond acceptors (Lipinski definition) is 3. The van der Waals surface area contributed by atoms with Crippen LogP contribution < -0.4 is 5.32 Å². The van der Waals surface area contributed by atoms with Crippen molar-refractivity contribution in [1.82, 2.24) is 19.9 Å². The van der Waals surface area contributed by atoms with Crippen molar-refractivity contribution in [2.75, 3.05) is 0 Å². The van der Waals surface area contributed by atoms with Crippen LogP contribution in [0, 0.1) is 11.6 Å². The van der Waals surface area contributed by atoms with Gasteiger partial charge in [-0.3, -0.25) is 4.40 Å². The van der Waals surface area contributed by atoms with Crippen molar-refractivity contribution >= 4 is 5.65 Å². The predicted octanol–water partition coefficient (Wildman–Crippen LogP) is 5.40. The number of alkyl halides is 3. The van der Waals surface area contributed by atoms with Crippen LogP contribution in [0.2, 0.25) is 0 Å². The van der Waals surface area contributed by atoms with E-state index in [1.807, 2.05) is 6.92 Å². The van der Waals surface area contributed by atoms with Gasteiger partial charge in [0.2, 0.25) is 0 Å². The fourth-order valence-electron chi connectivity index (χ4n) is 4.43. The van der Waals surface area contributed by atoms with Crippen molar-refractivity contribution < 1.29 is 22.0 Å². The zero-order chi connectivity index (χ0) is 22.2. The molecule has 0 saturated heterocycles. The minimum Gasteiger partial charge on any atom is -0.310 e. The average molecular weight is 438 g/mol. The standard InChI is InChI=1S/C22H23F5N4/c1-2-19-29-30-21-20(22(25,26)27)14(9-10-31(19)21)12-28-16-6-3-13(4-7-16)17-8-5-15(23)11-18(17)24/h5,8-11,13,16,28H,2-4,6-7,12H2,1H3/t13-,16+. The van der Waals surface area contributed by atoms with Crippen LogP contribution in [0.25, 0.3) is 5.65 Å². The third kappa shape index (κ3) is 4.42. The second kappa shape index (κ2) is 8.53. The van der Waals surface area contributed by atoms with Crippen LogP contribution in [0.3, 0.4) is 0 Å². The summed E-state index contributed by atoms with van der Waals surface area (Å²) >= 11 is 0. The number of rotatable bonds is 5. The van der Waals surface area contributed by atoms with Crippen LogP contribution in [0.15, 0.2) is 30.5 Å². The zero-order valence-electron chi connectivity index (χ0n) is 17.0. The van der Waals surface area contributed by atoms with Crippen molar-refractivity contribution in [2.24, 2.45) is 0 Å². The lowest BCUT2D eigenvalue weighted by Crippen LogP contribution is -2.33. The summed E-state index contributed by atoms with van der Waals surface area (Å²) in [4.78, 5) is 0. The first-order valence-electron chi connectivity index (χ1n) is 10.4. The van der Waals surface area contributed by atoms with Crippen molar-refractivity contribution in [1.29, 1.82) is 0 Å². The maximum Gasteiger partial charge on any atom is 0.420 e. The van der Waals surface area contributed by atoms with E-state index in [0.29, 0.717) is 43.5 Å². The van der Waals surface area contributed by atoms with Gasteiger partial charge >= 0.3 is 6.18 Å². The molecule has 1 aliphatic rings. The molecule has 166 valence electrons. The Labute approximate surface area is 176 Å². The number of hydrogen-bond donors (Lipinski definition) is 1. The van der Waals surface area contributed by atoms with Gasteiger partial charge in [-0.2, -0.15) is 13.2 Å². The van der Waals surface area contributed by atoms with Crippen LogP contribution in [0.1, 0.15) is 61.0 Å². The highest BCUT2D eigenvalue weighted by Gasteiger charge is 2.37. The van der Waals surface area contributed by atoms with Gasteiger partial charge in [-0.15, -0.1) is 10.2 Å². The second-order valence-corrected chi connectivity index (χ2v) is 7.97. The highest BCUT2D eigenvalue weighted by atomic mass is 19.4. The Bertz CT molecular complexity index is 1070. The second-order valence-electron chi connectivity index (χ2n) is 7.97. The third-order valence-electron chi connectivity index (χ3n) is 6.05. The molecule has 0 radical (unpaired) electrons. The van der Waals surface area contributed by atoms with E-state index in [9.17, 15) is 22.0 Å². The smallest absolute Gasteiger partial charge is 0.310 e. The number of nitrogens with zero attached hydrogens (tertiary/aromatic N) is 3. The molecule has 1 N–H and O–H groups in total. The summed E-state index contributed by atoms with van der Waals surface area (Å²) in [6, 6.07) is 5.12. The molecule has 2 aromatic heterocycles. The number of halogens is 5. The molecule has 0 spiro atoms. The quantitative estimate of drug-likeness (QED) is 0.542. The summed E-state index contributed by atoms with van der Waals surface area (Å²) < 4.78 is 69.9. The molecular formula is C22H23F5N4. The summed E-state index contributed by atoms with van der Waals surface area (Å²) in [5.41, 5.74) is -0.319. The molecule has 0 aliphatic heterocycles. The molecule has 3 aromatic rings. The van der Waals surface area contributed by atoms with Gasteiger partial charge in [0, 0.05) is 31.3 Å². The van der Waals surface area contributed by atoms with Crippen LogP contribution in [0.5, 0.6) is 0 Å². The molecule has 4 rings (SSSR count). The maximum absolute atomic E-state index is 14.0. The molecule has 1 saturated carbocycles. The van der Waals surface area contributed by atoms with E-state index in [1.165, 1.54) is 22.6 Å². The highest BCUT2D eigenvalue weighted by Crippen LogP contribution is 2.36. The Morgan fingerprint density at radius 1 is 1.06 bits per heavy atom. The summed E-state index contributed by atoms with van der Waals surface area (Å²) in [7, 11) is 0. The molecule has 4 nitrogen and oxygen atoms in total. The first-order valence-corrected chi connectivity index (χ1v) is 10.4. The summed E-state index contributed by atoms with van der Waals surface area (Å²) in [6.07, 6.45) is 0.300. The molecule has 0 amide bonds. The molecule has 0 unspecified atom stereocenters. The molecule has 2 heterocycles. The van der Waals surface area contributed by atoms with Crippen LogP contribution in [0.4, 0.5) is 22.0 Å². The molecule has 31 heavy (non-hydrogen) atoms. The van der Waals surface area contributed by atoms with Gasteiger partial charge in [-0.1, -0.05) is 13.0 Å². The Balaban J connectivity index is 1.45. The summed E-state index contributed by atoms with van der Waals surface area (Å²) in [6.45, 7) is 1.87. The number of aryl methyl sites for hydroxylation is 1. The number of pyridine rings is 1. The fourth-order valence-corrected chi connectivity index (χ4v) is 4.43. The Kier molecular flexibility index (Phi) is 5.96. The lowest BCUT2D eigenvalue weighted by molar-refractivity contribution is -0.137. The van der Waals surface area contributed by atoms with Crippen molar-refractivity contribution in [3.8, 4) is 0 Å². The molecule has 1 aromatic carbocycles. The Hall–Kier alpha value is -2.55. The van der Waals surface area contributed by atoms with Gasteiger partial charge in [0.15, 0.2) is 5.65 Å². The van der Waals surface area contributed by atoms with Gasteiger partial charge in [0.1, 0.15) is 23.0 Å². The van der Waals surface area contributed by atoms with Crippen molar-refractivity contribution in [3.05, 3.63) is 64.6 Å². The summed E-state index contributed by atoms with van der Waals surface area (Å²) in [5, 5.41) is 10.9. The van der Waals surface area contributed by atoms with Crippen LogP contribution in [-0.2, 0) is 19.1 Å². The van der Waals surface area contributed by atoms with Crippen molar-refractivity contribution in [3.63, 3.8) is 0 Å². The van der Waals surface area contributed by atoms with Gasteiger partial charge in [0.25, 0.3) is 0 Å². The number of aromatic nitrogens is 3. The molecule has 9 heteroatoms. The molecule has 1 fully saturated rings. The monoisotopic (exact) mass is 438 g/mol. The molecule has 0 bridgehead atoms. The van der Waals surface area contributed by atoms with E-state index < -0.39 is 23.4 Å². The van der Waals surface area contributed by atoms with Crippen LogP contribution in [-0.4, -0.2) is 20.6 Å². The van der Waals surface area contributed by atoms with Gasteiger partial charge in [-0.05, 0) is 54.9 Å². The van der Waals surface area contributed by atoms with Gasteiger partial charge < -0.3 is 5.32 Å². The van der Waals surface area contributed by atoms with E-state index in [4.69, 9.17) is 0 Å². The maximum atomic E-state index is 14.0. The first kappa shape index (κ1) is 21.7. The SMILES string of the molecule is CCc1nnc2c(C(F)(F)F)c(CN[C@H]3CC[C@@H](c4ccc(F)cc4F)CC3)ccn12. The van der Waals surface area contributed by atoms with E-state index >= 15 is 0 Å². The van der Waals surface area contributed by atoms with E-state index in [-0.39, 0.29) is 29.7 Å². The van der Waals surface area contributed by atoms with E-state index in [2.05, 4.69) is 15.5 Å². The third-order valence-corrected chi connectivity index (χ3v) is 6.05.